The largest absolute Gasteiger partial charge is 0.460 e. The molecule has 0 aromatic heterocycles. The summed E-state index contributed by atoms with van der Waals surface area (Å²) >= 11 is 0. The van der Waals surface area contributed by atoms with Gasteiger partial charge in [0.1, 0.15) is 6.10 Å². The Hall–Kier alpha value is -0.600. The first-order valence-corrected chi connectivity index (χ1v) is 3.90. The molecule has 3 atom stereocenters. The lowest BCUT2D eigenvalue weighted by atomic mass is 9.90. The zero-order valence-corrected chi connectivity index (χ0v) is 7.06. The van der Waals surface area contributed by atoms with Crippen LogP contribution in [0, 0.1) is 5.92 Å². The molecule has 0 aliphatic carbocycles. The number of hydrogen-bond acceptors (Lipinski definition) is 2. The summed E-state index contributed by atoms with van der Waals surface area (Å²) in [6.07, 6.45) is 0.448. The third-order valence-electron chi connectivity index (χ3n) is 2.47. The fraction of sp³-hybridized carbons (Fsp3) is 0.875. The van der Waals surface area contributed by atoms with Crippen molar-refractivity contribution in [3.63, 3.8) is 0 Å². The van der Waals surface area contributed by atoms with Crippen LogP contribution in [0.1, 0.15) is 27.2 Å². The highest BCUT2D eigenvalue weighted by atomic mass is 19.1. The molecule has 0 radical (unpaired) electrons. The lowest BCUT2D eigenvalue weighted by Gasteiger charge is -2.15. The van der Waals surface area contributed by atoms with Crippen molar-refractivity contribution in [3.05, 3.63) is 0 Å². The van der Waals surface area contributed by atoms with Crippen molar-refractivity contribution >= 4 is 5.97 Å². The summed E-state index contributed by atoms with van der Waals surface area (Å²) in [7, 11) is 0. The van der Waals surface area contributed by atoms with Gasteiger partial charge in [0.05, 0.1) is 0 Å². The van der Waals surface area contributed by atoms with Crippen LogP contribution in [0.25, 0.3) is 0 Å². The molecule has 1 heterocycles. The van der Waals surface area contributed by atoms with E-state index in [9.17, 15) is 9.18 Å². The van der Waals surface area contributed by atoms with Crippen LogP contribution in [-0.2, 0) is 9.53 Å². The van der Waals surface area contributed by atoms with Gasteiger partial charge in [0.15, 0.2) is 0 Å². The molecule has 0 spiro atoms. The molecule has 1 aliphatic heterocycles. The average Bonchev–Trinajstić information content (AvgIpc) is 2.14. The maximum Gasteiger partial charge on any atom is 0.344 e. The number of rotatable bonds is 1. The predicted molar refractivity (Wildman–Crippen MR) is 38.8 cm³/mol. The maximum absolute atomic E-state index is 13.4. The van der Waals surface area contributed by atoms with Gasteiger partial charge in [0.2, 0.25) is 5.67 Å². The van der Waals surface area contributed by atoms with Crippen LogP contribution in [0.3, 0.4) is 0 Å². The van der Waals surface area contributed by atoms with Gasteiger partial charge in [0, 0.05) is 5.92 Å². The summed E-state index contributed by atoms with van der Waals surface area (Å²) in [5.41, 5.74) is -1.78. The molecule has 11 heavy (non-hydrogen) atoms. The number of ether oxygens (including phenoxy) is 1. The Bertz CT molecular complexity index is 177. The van der Waals surface area contributed by atoms with Crippen molar-refractivity contribution in [1.82, 2.24) is 0 Å². The first-order chi connectivity index (χ1) is 5.00. The van der Waals surface area contributed by atoms with E-state index in [0.717, 1.165) is 0 Å². The Balaban J connectivity index is 2.80. The molecular formula is C8H13FO2. The molecule has 0 N–H and O–H groups in total. The van der Waals surface area contributed by atoms with E-state index in [-0.39, 0.29) is 12.0 Å². The van der Waals surface area contributed by atoms with E-state index in [1.54, 1.807) is 6.92 Å². The van der Waals surface area contributed by atoms with Gasteiger partial charge >= 0.3 is 5.97 Å². The summed E-state index contributed by atoms with van der Waals surface area (Å²) in [5, 5.41) is 0. The highest BCUT2D eigenvalue weighted by Gasteiger charge is 2.51. The molecule has 64 valence electrons. The second-order valence-corrected chi connectivity index (χ2v) is 3.22. The molecule has 0 amide bonds. The van der Waals surface area contributed by atoms with E-state index in [0.29, 0.717) is 6.42 Å². The Kier molecular flexibility index (Phi) is 1.90. The number of halogens is 1. The smallest absolute Gasteiger partial charge is 0.344 e. The van der Waals surface area contributed by atoms with Crippen molar-refractivity contribution in [2.75, 3.05) is 0 Å². The zero-order chi connectivity index (χ0) is 8.65. The lowest BCUT2D eigenvalue weighted by molar-refractivity contribution is -0.149. The monoisotopic (exact) mass is 160 g/mol. The van der Waals surface area contributed by atoms with Gasteiger partial charge in [-0.3, -0.25) is 0 Å². The van der Waals surface area contributed by atoms with Crippen LogP contribution < -0.4 is 0 Å². The number of carbonyl (C=O) groups is 1. The van der Waals surface area contributed by atoms with Gasteiger partial charge in [-0.1, -0.05) is 13.8 Å². The summed E-state index contributed by atoms with van der Waals surface area (Å²) in [4.78, 5) is 10.9. The van der Waals surface area contributed by atoms with E-state index in [2.05, 4.69) is 0 Å². The number of hydrogen-bond donors (Lipinski definition) is 0. The molecular weight excluding hydrogens is 147 g/mol. The molecule has 0 aromatic carbocycles. The molecule has 2 nitrogen and oxygen atoms in total. The minimum Gasteiger partial charge on any atom is -0.460 e. The first kappa shape index (κ1) is 8.50. The van der Waals surface area contributed by atoms with Gasteiger partial charge < -0.3 is 4.74 Å². The lowest BCUT2D eigenvalue weighted by Crippen LogP contribution is -2.31. The van der Waals surface area contributed by atoms with Crippen LogP contribution in [-0.4, -0.2) is 17.7 Å². The first-order valence-electron chi connectivity index (χ1n) is 3.90. The third kappa shape index (κ3) is 1.12. The highest BCUT2D eigenvalue weighted by molar-refractivity contribution is 5.81. The van der Waals surface area contributed by atoms with Gasteiger partial charge in [-0.25, -0.2) is 9.18 Å². The zero-order valence-electron chi connectivity index (χ0n) is 7.06. The molecule has 0 aromatic rings. The van der Waals surface area contributed by atoms with Gasteiger partial charge in [-0.15, -0.1) is 0 Å². The minimum absolute atomic E-state index is 0.238. The van der Waals surface area contributed by atoms with Crippen LogP contribution in [0.15, 0.2) is 0 Å². The van der Waals surface area contributed by atoms with Crippen LogP contribution >= 0.6 is 0 Å². The van der Waals surface area contributed by atoms with Crippen molar-refractivity contribution < 1.29 is 13.9 Å². The molecule has 1 fully saturated rings. The molecule has 1 saturated heterocycles. The SMILES string of the molecule is CC[C@H]1OC(=O)[C@](C)(F)[C@@H]1C. The van der Waals surface area contributed by atoms with Crippen LogP contribution in [0.5, 0.6) is 0 Å². The number of cyclic esters (lactones) is 1. The summed E-state index contributed by atoms with van der Waals surface area (Å²) in [6, 6.07) is 0. The second kappa shape index (κ2) is 2.47. The van der Waals surface area contributed by atoms with Crippen LogP contribution in [0.2, 0.25) is 0 Å². The summed E-state index contributed by atoms with van der Waals surface area (Å²) in [5.74, 6) is -1.03. The predicted octanol–water partition coefficient (Wildman–Crippen LogP) is 1.69. The van der Waals surface area contributed by atoms with Crippen molar-refractivity contribution in [2.45, 2.75) is 39.0 Å². The van der Waals surface area contributed by atoms with E-state index in [1.807, 2.05) is 6.92 Å². The van der Waals surface area contributed by atoms with Gasteiger partial charge in [-0.2, -0.15) is 0 Å². The van der Waals surface area contributed by atoms with Crippen molar-refractivity contribution in [2.24, 2.45) is 5.92 Å². The maximum atomic E-state index is 13.4. The standard InChI is InChI=1S/C8H13FO2/c1-4-6-5(2)8(3,9)7(10)11-6/h5-6H,4H2,1-3H3/t5-,6-,8-/m1/s1. The van der Waals surface area contributed by atoms with Crippen molar-refractivity contribution in [1.29, 1.82) is 0 Å². The van der Waals surface area contributed by atoms with Gasteiger partial charge in [0.25, 0.3) is 0 Å². The molecule has 3 heteroatoms. The molecule has 1 aliphatic rings. The number of esters is 1. The van der Waals surface area contributed by atoms with Gasteiger partial charge in [-0.05, 0) is 13.3 Å². The topological polar surface area (TPSA) is 26.3 Å². The molecule has 0 bridgehead atoms. The highest BCUT2D eigenvalue weighted by Crippen LogP contribution is 2.36. The normalized spacial score (nSPS) is 44.2. The molecule has 0 saturated carbocycles. The Morgan fingerprint density at radius 1 is 1.73 bits per heavy atom. The van der Waals surface area contributed by atoms with Crippen LogP contribution in [0.4, 0.5) is 4.39 Å². The van der Waals surface area contributed by atoms with Crippen molar-refractivity contribution in [3.8, 4) is 0 Å². The second-order valence-electron chi connectivity index (χ2n) is 3.22. The Morgan fingerprint density at radius 2 is 2.27 bits per heavy atom. The Labute approximate surface area is 65.7 Å². The number of alkyl halides is 1. The quantitative estimate of drug-likeness (QED) is 0.545. The summed E-state index contributed by atoms with van der Waals surface area (Å²) < 4.78 is 18.2. The van der Waals surface area contributed by atoms with E-state index in [1.165, 1.54) is 6.92 Å². The minimum atomic E-state index is -1.78. The third-order valence-corrected chi connectivity index (χ3v) is 2.47. The fourth-order valence-electron chi connectivity index (χ4n) is 1.33. The average molecular weight is 160 g/mol. The molecule has 1 rings (SSSR count). The van der Waals surface area contributed by atoms with E-state index >= 15 is 0 Å². The number of carbonyl (C=O) groups excluding carboxylic acids is 1. The van der Waals surface area contributed by atoms with E-state index in [4.69, 9.17) is 4.74 Å². The Morgan fingerprint density at radius 3 is 2.45 bits per heavy atom. The molecule has 0 unspecified atom stereocenters. The van der Waals surface area contributed by atoms with E-state index < -0.39 is 11.6 Å². The summed E-state index contributed by atoms with van der Waals surface area (Å²) in [6.45, 7) is 4.88. The fourth-order valence-corrected chi connectivity index (χ4v) is 1.33.